The van der Waals surface area contributed by atoms with Crippen molar-refractivity contribution >= 4 is 11.9 Å². The lowest BCUT2D eigenvalue weighted by atomic mass is 10.1. The van der Waals surface area contributed by atoms with Crippen molar-refractivity contribution in [2.24, 2.45) is 4.99 Å². The lowest BCUT2D eigenvalue weighted by molar-refractivity contribution is -0.127. The highest BCUT2D eigenvalue weighted by Gasteiger charge is 2.12. The van der Waals surface area contributed by atoms with Crippen LogP contribution < -0.4 is 10.6 Å². The summed E-state index contributed by atoms with van der Waals surface area (Å²) in [7, 11) is 3.51. The first-order valence-corrected chi connectivity index (χ1v) is 9.61. The Morgan fingerprint density at radius 3 is 2.46 bits per heavy atom. The third-order valence-electron chi connectivity index (χ3n) is 4.62. The molecule has 144 valence electrons. The number of piperidine rings is 1. The molecule has 6 heteroatoms. The second-order valence-electron chi connectivity index (χ2n) is 6.94. The number of rotatable bonds is 7. The van der Waals surface area contributed by atoms with E-state index in [4.69, 9.17) is 0 Å². The van der Waals surface area contributed by atoms with E-state index in [1.807, 2.05) is 6.92 Å². The van der Waals surface area contributed by atoms with E-state index in [0.717, 1.165) is 13.1 Å². The van der Waals surface area contributed by atoms with Crippen molar-refractivity contribution < 1.29 is 4.79 Å². The fourth-order valence-electron chi connectivity index (χ4n) is 3.05. The zero-order valence-electron chi connectivity index (χ0n) is 16.4. The Morgan fingerprint density at radius 1 is 1.12 bits per heavy atom. The molecule has 1 aliphatic heterocycles. The number of likely N-dealkylation sites (tertiary alicyclic amines) is 1. The zero-order valence-corrected chi connectivity index (χ0v) is 16.4. The summed E-state index contributed by atoms with van der Waals surface area (Å²) in [6.07, 6.45) is 3.95. The molecule has 0 spiro atoms. The minimum atomic E-state index is 0.0288. The topological polar surface area (TPSA) is 60.0 Å². The predicted molar refractivity (Wildman–Crippen MR) is 107 cm³/mol. The fraction of sp³-hybridized carbons (Fsp3) is 0.600. The zero-order chi connectivity index (χ0) is 18.8. The molecule has 1 aromatic carbocycles. The number of nitrogens with one attached hydrogen (secondary N) is 2. The van der Waals surface area contributed by atoms with Crippen LogP contribution in [0, 0.1) is 0 Å². The Bertz CT molecular complexity index is 594. The summed E-state index contributed by atoms with van der Waals surface area (Å²) in [6, 6.07) is 8.53. The maximum Gasteiger partial charge on any atom is 0.241 e. The number of hydrogen-bond acceptors (Lipinski definition) is 3. The number of amides is 1. The molecule has 6 nitrogen and oxygen atoms in total. The Balaban J connectivity index is 2.00. The molecule has 1 aliphatic rings. The third kappa shape index (κ3) is 6.67. The Hall–Kier alpha value is -2.08. The van der Waals surface area contributed by atoms with Gasteiger partial charge in [-0.15, -0.1) is 0 Å². The van der Waals surface area contributed by atoms with Gasteiger partial charge in [0.2, 0.25) is 5.91 Å². The Kier molecular flexibility index (Phi) is 8.41. The fourth-order valence-corrected chi connectivity index (χ4v) is 3.05. The first-order valence-electron chi connectivity index (χ1n) is 9.61. The molecule has 0 atom stereocenters. The van der Waals surface area contributed by atoms with Gasteiger partial charge in [-0.2, -0.15) is 0 Å². The monoisotopic (exact) mass is 359 g/mol. The van der Waals surface area contributed by atoms with Gasteiger partial charge in [-0.25, -0.2) is 4.99 Å². The van der Waals surface area contributed by atoms with Gasteiger partial charge in [-0.1, -0.05) is 30.7 Å². The largest absolute Gasteiger partial charge is 0.357 e. The molecule has 2 rings (SSSR count). The van der Waals surface area contributed by atoms with Gasteiger partial charge in [0.15, 0.2) is 5.96 Å². The molecule has 1 amide bonds. The molecule has 0 radical (unpaired) electrons. The summed E-state index contributed by atoms with van der Waals surface area (Å²) in [5.41, 5.74) is 2.59. The van der Waals surface area contributed by atoms with Crippen LogP contribution in [-0.4, -0.2) is 61.9 Å². The molecule has 1 saturated heterocycles. The maximum atomic E-state index is 11.8. The number of nitrogens with zero attached hydrogens (tertiary/aromatic N) is 3. The summed E-state index contributed by atoms with van der Waals surface area (Å²) in [6.45, 7) is 7.01. The molecule has 0 unspecified atom stereocenters. The lowest BCUT2D eigenvalue weighted by Gasteiger charge is -2.27. The van der Waals surface area contributed by atoms with Crippen LogP contribution in [0.15, 0.2) is 29.3 Å². The lowest BCUT2D eigenvalue weighted by Crippen LogP contribution is -2.42. The van der Waals surface area contributed by atoms with Crippen molar-refractivity contribution in [2.75, 3.05) is 40.3 Å². The summed E-state index contributed by atoms with van der Waals surface area (Å²) >= 11 is 0. The van der Waals surface area contributed by atoms with Gasteiger partial charge in [0.1, 0.15) is 0 Å². The summed E-state index contributed by atoms with van der Waals surface area (Å²) < 4.78 is 0. The number of aliphatic imine (C=N–C) groups is 1. The van der Waals surface area contributed by atoms with Crippen LogP contribution in [0.3, 0.4) is 0 Å². The molecule has 26 heavy (non-hydrogen) atoms. The predicted octanol–water partition coefficient (Wildman–Crippen LogP) is 1.82. The number of guanidine groups is 1. The molecule has 1 heterocycles. The highest BCUT2D eigenvalue weighted by atomic mass is 16.2. The SMILES string of the molecule is CCNC(=NCc1ccccc1CN1CCCCC1)NCC(=O)N(C)C. The van der Waals surface area contributed by atoms with Crippen LogP contribution in [0.5, 0.6) is 0 Å². The molecule has 2 N–H and O–H groups in total. The first-order chi connectivity index (χ1) is 12.6. The van der Waals surface area contributed by atoms with Gasteiger partial charge in [0.25, 0.3) is 0 Å². The van der Waals surface area contributed by atoms with E-state index in [-0.39, 0.29) is 12.5 Å². The molecular formula is C20H33N5O. The van der Waals surface area contributed by atoms with Crippen molar-refractivity contribution in [3.63, 3.8) is 0 Å². The first kappa shape index (κ1) is 20.2. The Morgan fingerprint density at radius 2 is 1.81 bits per heavy atom. The van der Waals surface area contributed by atoms with E-state index in [1.165, 1.54) is 43.5 Å². The number of hydrogen-bond donors (Lipinski definition) is 2. The van der Waals surface area contributed by atoms with Gasteiger partial charge in [-0.05, 0) is 44.0 Å². The average molecular weight is 360 g/mol. The number of carbonyl (C=O) groups excluding carboxylic acids is 1. The molecule has 0 bridgehead atoms. The van der Waals surface area contributed by atoms with Gasteiger partial charge in [0, 0.05) is 27.2 Å². The average Bonchev–Trinajstić information content (AvgIpc) is 2.65. The van der Waals surface area contributed by atoms with Gasteiger partial charge in [-0.3, -0.25) is 9.69 Å². The van der Waals surface area contributed by atoms with E-state index in [0.29, 0.717) is 12.5 Å². The van der Waals surface area contributed by atoms with E-state index < -0.39 is 0 Å². The normalized spacial score (nSPS) is 15.6. The van der Waals surface area contributed by atoms with Crippen LogP contribution in [0.4, 0.5) is 0 Å². The summed E-state index contributed by atoms with van der Waals surface area (Å²) in [5, 5.41) is 6.32. The highest BCUT2D eigenvalue weighted by molar-refractivity contribution is 5.86. The molecule has 0 aliphatic carbocycles. The van der Waals surface area contributed by atoms with Crippen LogP contribution in [-0.2, 0) is 17.9 Å². The number of benzene rings is 1. The molecule has 0 aromatic heterocycles. The van der Waals surface area contributed by atoms with Crippen molar-refractivity contribution in [3.05, 3.63) is 35.4 Å². The van der Waals surface area contributed by atoms with E-state index >= 15 is 0 Å². The van der Waals surface area contributed by atoms with Crippen LogP contribution in [0.1, 0.15) is 37.3 Å². The van der Waals surface area contributed by atoms with E-state index in [9.17, 15) is 4.79 Å². The minimum Gasteiger partial charge on any atom is -0.357 e. The van der Waals surface area contributed by atoms with Crippen LogP contribution in [0.2, 0.25) is 0 Å². The number of carbonyl (C=O) groups is 1. The third-order valence-corrected chi connectivity index (χ3v) is 4.62. The van der Waals surface area contributed by atoms with Crippen molar-refractivity contribution in [2.45, 2.75) is 39.3 Å². The van der Waals surface area contributed by atoms with Crippen LogP contribution in [0.25, 0.3) is 0 Å². The highest BCUT2D eigenvalue weighted by Crippen LogP contribution is 2.16. The van der Waals surface area contributed by atoms with Crippen molar-refractivity contribution in [1.82, 2.24) is 20.4 Å². The van der Waals surface area contributed by atoms with Gasteiger partial charge < -0.3 is 15.5 Å². The second kappa shape index (κ2) is 10.8. The molecule has 1 aromatic rings. The van der Waals surface area contributed by atoms with E-state index in [1.54, 1.807) is 19.0 Å². The quantitative estimate of drug-likeness (QED) is 0.576. The van der Waals surface area contributed by atoms with Gasteiger partial charge >= 0.3 is 0 Å². The molecular weight excluding hydrogens is 326 g/mol. The maximum absolute atomic E-state index is 11.8. The van der Waals surface area contributed by atoms with Crippen molar-refractivity contribution in [3.8, 4) is 0 Å². The van der Waals surface area contributed by atoms with E-state index in [2.05, 4.69) is 44.8 Å². The molecule has 0 saturated carbocycles. The Labute approximate surface area is 157 Å². The standard InChI is InChI=1S/C20H33N5O/c1-4-21-20(23-15-19(26)24(2)3)22-14-17-10-6-7-11-18(17)16-25-12-8-5-9-13-25/h6-7,10-11H,4-5,8-9,12-16H2,1-3H3,(H2,21,22,23). The summed E-state index contributed by atoms with van der Waals surface area (Å²) in [5.74, 6) is 0.705. The molecule has 1 fully saturated rings. The van der Waals surface area contributed by atoms with Crippen molar-refractivity contribution in [1.29, 1.82) is 0 Å². The minimum absolute atomic E-state index is 0.0288. The van der Waals surface area contributed by atoms with Crippen LogP contribution >= 0.6 is 0 Å². The second-order valence-corrected chi connectivity index (χ2v) is 6.94. The number of likely N-dealkylation sites (N-methyl/N-ethyl adjacent to an activating group) is 1. The smallest absolute Gasteiger partial charge is 0.241 e. The summed E-state index contributed by atoms with van der Waals surface area (Å²) in [4.78, 5) is 20.6. The van der Waals surface area contributed by atoms with Gasteiger partial charge in [0.05, 0.1) is 13.1 Å².